The highest BCUT2D eigenvalue weighted by Crippen LogP contribution is 2.34. The summed E-state index contributed by atoms with van der Waals surface area (Å²) in [6.07, 6.45) is -0.775. The summed E-state index contributed by atoms with van der Waals surface area (Å²) in [7, 11) is 0. The van der Waals surface area contributed by atoms with E-state index >= 15 is 0 Å². The van der Waals surface area contributed by atoms with Crippen molar-refractivity contribution in [3.05, 3.63) is 84.2 Å². The number of carbonyl (C=O) groups excluding carboxylic acids is 1. The molecule has 1 amide bonds. The van der Waals surface area contributed by atoms with Crippen LogP contribution in [0.2, 0.25) is 0 Å². The van der Waals surface area contributed by atoms with Crippen LogP contribution in [-0.4, -0.2) is 15.6 Å². The van der Waals surface area contributed by atoms with Crippen LogP contribution in [0.3, 0.4) is 0 Å². The van der Waals surface area contributed by atoms with Gasteiger partial charge in [0.2, 0.25) is 0 Å². The van der Waals surface area contributed by atoms with Gasteiger partial charge in [0, 0.05) is 23.6 Å². The molecular weight excluding hydrogens is 389 g/mol. The Hall–Kier alpha value is -3.33. The van der Waals surface area contributed by atoms with Gasteiger partial charge in [-0.3, -0.25) is 15.6 Å². The second-order valence-electron chi connectivity index (χ2n) is 5.71. The molecule has 3 aromatic rings. The number of alkyl halides is 3. The maximum atomic E-state index is 13.0. The van der Waals surface area contributed by atoms with E-state index < -0.39 is 17.6 Å². The molecule has 0 aliphatic heterocycles. The first-order valence-electron chi connectivity index (χ1n) is 8.11. The second-order valence-corrected chi connectivity index (χ2v) is 6.12. The van der Waals surface area contributed by atoms with Crippen molar-refractivity contribution in [1.82, 2.24) is 15.4 Å². The maximum absolute atomic E-state index is 13.0. The van der Waals surface area contributed by atoms with Crippen molar-refractivity contribution in [2.45, 2.75) is 6.18 Å². The number of thiocarbonyl (C=S) groups is 1. The molecule has 0 aliphatic carbocycles. The zero-order chi connectivity index (χ0) is 20.1. The number of benzene rings is 2. The zero-order valence-corrected chi connectivity index (χ0v) is 15.1. The lowest BCUT2D eigenvalue weighted by molar-refractivity contribution is -0.136. The number of hydrazine groups is 1. The first-order chi connectivity index (χ1) is 13.3. The van der Waals surface area contributed by atoms with E-state index in [2.05, 4.69) is 16.2 Å². The van der Waals surface area contributed by atoms with E-state index in [0.717, 1.165) is 11.8 Å². The average Bonchev–Trinajstić information content (AvgIpc) is 3.20. The normalized spacial score (nSPS) is 11.0. The Kier molecular flexibility index (Phi) is 5.65. The van der Waals surface area contributed by atoms with Gasteiger partial charge in [-0.2, -0.15) is 13.2 Å². The first kappa shape index (κ1) is 19.4. The van der Waals surface area contributed by atoms with E-state index in [1.165, 1.54) is 18.2 Å². The lowest BCUT2D eigenvalue weighted by atomic mass is 10.2. The van der Waals surface area contributed by atoms with Gasteiger partial charge in [-0.05, 0) is 60.7 Å². The van der Waals surface area contributed by atoms with Crippen LogP contribution in [0.25, 0.3) is 5.69 Å². The molecule has 1 heterocycles. The van der Waals surface area contributed by atoms with Crippen molar-refractivity contribution in [3.63, 3.8) is 0 Å². The molecular formula is C19H15F3N4OS. The third-order valence-corrected chi connectivity index (χ3v) is 4.01. The molecule has 1 aromatic heterocycles. The molecule has 0 radical (unpaired) electrons. The number of nitrogens with zero attached hydrogens (tertiary/aromatic N) is 1. The van der Waals surface area contributed by atoms with Crippen molar-refractivity contribution in [2.75, 3.05) is 5.32 Å². The van der Waals surface area contributed by atoms with Gasteiger partial charge < -0.3 is 9.88 Å². The molecule has 0 spiro atoms. The molecule has 5 nitrogen and oxygen atoms in total. The predicted octanol–water partition coefficient (Wildman–Crippen LogP) is 4.13. The molecule has 0 saturated heterocycles. The van der Waals surface area contributed by atoms with E-state index in [4.69, 9.17) is 12.2 Å². The van der Waals surface area contributed by atoms with Crippen molar-refractivity contribution >= 4 is 28.9 Å². The SMILES string of the molecule is O=C(NNC(=S)Nc1ccccc1C(F)(F)F)c1ccc(-n2cccc2)cc1. The topological polar surface area (TPSA) is 58.1 Å². The van der Waals surface area contributed by atoms with Crippen LogP contribution in [0.1, 0.15) is 15.9 Å². The molecule has 0 fully saturated rings. The van der Waals surface area contributed by atoms with Gasteiger partial charge in [-0.25, -0.2) is 0 Å². The van der Waals surface area contributed by atoms with Crippen LogP contribution >= 0.6 is 12.2 Å². The van der Waals surface area contributed by atoms with Crippen LogP contribution in [0.5, 0.6) is 0 Å². The fourth-order valence-corrected chi connectivity index (χ4v) is 2.63. The summed E-state index contributed by atoms with van der Waals surface area (Å²) in [5, 5.41) is 2.26. The number of nitrogens with one attached hydrogen (secondary N) is 3. The summed E-state index contributed by atoms with van der Waals surface area (Å²) in [4.78, 5) is 12.2. The molecule has 9 heteroatoms. The average molecular weight is 404 g/mol. The number of anilines is 1. The summed E-state index contributed by atoms with van der Waals surface area (Å²) in [5.74, 6) is -0.479. The molecule has 0 aliphatic rings. The fraction of sp³-hybridized carbons (Fsp3) is 0.0526. The Morgan fingerprint density at radius 1 is 0.893 bits per heavy atom. The highest BCUT2D eigenvalue weighted by Gasteiger charge is 2.33. The number of hydrogen-bond donors (Lipinski definition) is 3. The Morgan fingerprint density at radius 2 is 1.54 bits per heavy atom. The minimum atomic E-state index is -4.52. The van der Waals surface area contributed by atoms with Crippen LogP contribution in [0.4, 0.5) is 18.9 Å². The molecule has 2 aromatic carbocycles. The van der Waals surface area contributed by atoms with Crippen LogP contribution < -0.4 is 16.2 Å². The molecule has 28 heavy (non-hydrogen) atoms. The standard InChI is InChI=1S/C19H15F3N4OS/c20-19(21,22)15-5-1-2-6-16(15)23-18(28)25-24-17(27)13-7-9-14(10-8-13)26-11-3-4-12-26/h1-12H,(H,24,27)(H2,23,25,28). The summed E-state index contributed by atoms with van der Waals surface area (Å²) in [6, 6.07) is 15.5. The Labute approximate surface area is 164 Å². The highest BCUT2D eigenvalue weighted by atomic mass is 32.1. The number of amides is 1. The van der Waals surface area contributed by atoms with E-state index in [0.29, 0.717) is 5.56 Å². The van der Waals surface area contributed by atoms with Gasteiger partial charge in [0.1, 0.15) is 0 Å². The first-order valence-corrected chi connectivity index (χ1v) is 8.52. The van der Waals surface area contributed by atoms with E-state index in [1.54, 1.807) is 24.3 Å². The number of carbonyl (C=O) groups is 1. The predicted molar refractivity (Wildman–Crippen MR) is 104 cm³/mol. The Bertz CT molecular complexity index is 970. The van der Waals surface area contributed by atoms with Gasteiger partial charge in [0.15, 0.2) is 5.11 Å². The lowest BCUT2D eigenvalue weighted by Gasteiger charge is -2.16. The van der Waals surface area contributed by atoms with E-state index in [-0.39, 0.29) is 10.8 Å². The monoisotopic (exact) mass is 404 g/mol. The van der Waals surface area contributed by atoms with Crippen LogP contribution in [0, 0.1) is 0 Å². The highest BCUT2D eigenvalue weighted by molar-refractivity contribution is 7.80. The third-order valence-electron chi connectivity index (χ3n) is 3.80. The summed E-state index contributed by atoms with van der Waals surface area (Å²) in [6.45, 7) is 0. The number of halogens is 3. The molecule has 0 saturated carbocycles. The molecule has 3 rings (SSSR count). The zero-order valence-electron chi connectivity index (χ0n) is 14.3. The van der Waals surface area contributed by atoms with Gasteiger partial charge in [0.05, 0.1) is 11.3 Å². The van der Waals surface area contributed by atoms with Gasteiger partial charge >= 0.3 is 6.18 Å². The number of para-hydroxylation sites is 1. The molecule has 0 unspecified atom stereocenters. The van der Waals surface area contributed by atoms with Gasteiger partial charge in [-0.15, -0.1) is 0 Å². The molecule has 0 bridgehead atoms. The summed E-state index contributed by atoms with van der Waals surface area (Å²) >= 11 is 4.95. The summed E-state index contributed by atoms with van der Waals surface area (Å²) < 4.78 is 40.9. The fourth-order valence-electron chi connectivity index (χ4n) is 2.47. The minimum absolute atomic E-state index is 0.172. The molecule has 3 N–H and O–H groups in total. The van der Waals surface area contributed by atoms with Crippen molar-refractivity contribution < 1.29 is 18.0 Å². The molecule has 144 valence electrons. The van der Waals surface area contributed by atoms with Crippen molar-refractivity contribution in [3.8, 4) is 5.69 Å². The Morgan fingerprint density at radius 3 is 2.18 bits per heavy atom. The smallest absolute Gasteiger partial charge is 0.331 e. The van der Waals surface area contributed by atoms with Crippen LogP contribution in [0.15, 0.2) is 73.1 Å². The van der Waals surface area contributed by atoms with Crippen LogP contribution in [-0.2, 0) is 6.18 Å². The largest absolute Gasteiger partial charge is 0.418 e. The summed E-state index contributed by atoms with van der Waals surface area (Å²) in [5.41, 5.74) is 4.93. The van der Waals surface area contributed by atoms with Gasteiger partial charge in [-0.1, -0.05) is 12.1 Å². The van der Waals surface area contributed by atoms with Crippen molar-refractivity contribution in [2.24, 2.45) is 0 Å². The molecule has 0 atom stereocenters. The van der Waals surface area contributed by atoms with E-state index in [9.17, 15) is 18.0 Å². The van der Waals surface area contributed by atoms with E-state index in [1.807, 2.05) is 29.1 Å². The maximum Gasteiger partial charge on any atom is 0.418 e. The second kappa shape index (κ2) is 8.13. The number of rotatable bonds is 3. The minimum Gasteiger partial charge on any atom is -0.331 e. The quantitative estimate of drug-likeness (QED) is 0.454. The van der Waals surface area contributed by atoms with Crippen molar-refractivity contribution in [1.29, 1.82) is 0 Å². The number of hydrogen-bond acceptors (Lipinski definition) is 2. The van der Waals surface area contributed by atoms with Gasteiger partial charge in [0.25, 0.3) is 5.91 Å². The Balaban J connectivity index is 1.58. The third kappa shape index (κ3) is 4.68. The lowest BCUT2D eigenvalue weighted by Crippen LogP contribution is -2.44. The number of aromatic nitrogens is 1.